The van der Waals surface area contributed by atoms with Crippen LogP contribution in [0.2, 0.25) is 5.15 Å². The fourth-order valence-electron chi connectivity index (χ4n) is 1.14. The normalized spacial score (nSPS) is 13.8. The van der Waals surface area contributed by atoms with E-state index in [0.29, 0.717) is 10.9 Å². The van der Waals surface area contributed by atoms with E-state index in [4.69, 9.17) is 11.6 Å². The molecule has 5 heteroatoms. The first-order valence-corrected chi connectivity index (χ1v) is 4.69. The molecule has 0 aromatic carbocycles. The van der Waals surface area contributed by atoms with Gasteiger partial charge >= 0.3 is 0 Å². The second-order valence-electron chi connectivity index (χ2n) is 2.35. The Kier molecular flexibility index (Phi) is 3.09. The SMILES string of the molecule is Oc1ccc(Cl)[n+]2c1SCC2.[Cl-]. The Bertz CT molecular complexity index is 277. The van der Waals surface area contributed by atoms with Gasteiger partial charge in [0.25, 0.3) is 10.2 Å². The van der Waals surface area contributed by atoms with Crippen LogP contribution in [0.3, 0.4) is 0 Å². The van der Waals surface area contributed by atoms with Crippen molar-refractivity contribution in [3.63, 3.8) is 0 Å². The first kappa shape index (κ1) is 9.96. The van der Waals surface area contributed by atoms with Gasteiger partial charge in [-0.2, -0.15) is 4.57 Å². The van der Waals surface area contributed by atoms with Gasteiger partial charge in [-0.3, -0.25) is 0 Å². The van der Waals surface area contributed by atoms with Crippen LogP contribution >= 0.6 is 23.4 Å². The van der Waals surface area contributed by atoms with E-state index in [1.165, 1.54) is 0 Å². The van der Waals surface area contributed by atoms with Crippen molar-refractivity contribution in [2.24, 2.45) is 0 Å². The molecular formula is C7H7Cl2NOS. The number of hydrogen-bond acceptors (Lipinski definition) is 2. The van der Waals surface area contributed by atoms with Gasteiger partial charge in [0.15, 0.2) is 12.3 Å². The van der Waals surface area contributed by atoms with Crippen LogP contribution in [0.15, 0.2) is 17.2 Å². The van der Waals surface area contributed by atoms with Crippen LogP contribution < -0.4 is 17.0 Å². The molecule has 0 radical (unpaired) electrons. The second-order valence-corrected chi connectivity index (χ2v) is 3.82. The Hall–Kier alpha value is -0.120. The third-order valence-corrected chi connectivity index (χ3v) is 3.07. The van der Waals surface area contributed by atoms with Crippen molar-refractivity contribution in [3.8, 4) is 5.75 Å². The highest BCUT2D eigenvalue weighted by Crippen LogP contribution is 2.29. The maximum atomic E-state index is 9.36. The van der Waals surface area contributed by atoms with Crippen molar-refractivity contribution in [1.29, 1.82) is 0 Å². The summed E-state index contributed by atoms with van der Waals surface area (Å²) in [5.41, 5.74) is 0. The molecule has 0 unspecified atom stereocenters. The molecule has 1 aliphatic rings. The lowest BCUT2D eigenvalue weighted by Gasteiger charge is -1.95. The predicted octanol–water partition coefficient (Wildman–Crippen LogP) is -1.56. The summed E-state index contributed by atoms with van der Waals surface area (Å²) in [6.07, 6.45) is 0. The highest BCUT2D eigenvalue weighted by atomic mass is 35.5. The number of hydrogen-bond donors (Lipinski definition) is 1. The molecule has 0 saturated carbocycles. The molecule has 0 saturated heterocycles. The lowest BCUT2D eigenvalue weighted by Crippen LogP contribution is -3.00. The van der Waals surface area contributed by atoms with E-state index in [1.54, 1.807) is 23.9 Å². The van der Waals surface area contributed by atoms with Crippen molar-refractivity contribution in [2.45, 2.75) is 11.6 Å². The standard InChI is InChI=1S/C7H6ClNOS.ClH/c8-6-2-1-5(10)7-9(6)3-4-11-7;/h1-2H,3-4H2;1H. The summed E-state index contributed by atoms with van der Waals surface area (Å²) >= 11 is 7.52. The number of halogens is 2. The number of aromatic nitrogens is 1. The Morgan fingerprint density at radius 3 is 2.92 bits per heavy atom. The number of fused-ring (bicyclic) bond motifs is 1. The molecule has 0 spiro atoms. The van der Waals surface area contributed by atoms with E-state index in [9.17, 15) is 5.11 Å². The maximum absolute atomic E-state index is 9.36. The molecule has 2 heterocycles. The van der Waals surface area contributed by atoms with E-state index < -0.39 is 0 Å². The Morgan fingerprint density at radius 1 is 1.50 bits per heavy atom. The van der Waals surface area contributed by atoms with E-state index in [0.717, 1.165) is 17.3 Å². The number of aromatic hydroxyl groups is 1. The summed E-state index contributed by atoms with van der Waals surface area (Å²) in [6.45, 7) is 0.896. The van der Waals surface area contributed by atoms with Gasteiger partial charge in [0.2, 0.25) is 0 Å². The molecule has 1 aliphatic heterocycles. The number of pyridine rings is 1. The molecule has 0 bridgehead atoms. The molecule has 1 aromatic heterocycles. The number of rotatable bonds is 0. The van der Waals surface area contributed by atoms with Gasteiger partial charge < -0.3 is 17.5 Å². The van der Waals surface area contributed by atoms with Crippen LogP contribution in [0.4, 0.5) is 0 Å². The molecule has 2 rings (SSSR count). The lowest BCUT2D eigenvalue weighted by atomic mass is 10.4. The van der Waals surface area contributed by atoms with Crippen LogP contribution in [0.25, 0.3) is 0 Å². The fraction of sp³-hybridized carbons (Fsp3) is 0.286. The summed E-state index contributed by atoms with van der Waals surface area (Å²) in [7, 11) is 0. The van der Waals surface area contributed by atoms with E-state index in [1.807, 2.05) is 4.57 Å². The van der Waals surface area contributed by atoms with E-state index in [-0.39, 0.29) is 12.4 Å². The predicted molar refractivity (Wildman–Crippen MR) is 44.0 cm³/mol. The Balaban J connectivity index is 0.000000720. The maximum Gasteiger partial charge on any atom is 0.283 e. The van der Waals surface area contributed by atoms with Gasteiger partial charge in [0.1, 0.15) is 0 Å². The molecule has 66 valence electrons. The lowest BCUT2D eigenvalue weighted by molar-refractivity contribution is -0.721. The highest BCUT2D eigenvalue weighted by Gasteiger charge is 2.26. The summed E-state index contributed by atoms with van der Waals surface area (Å²) < 4.78 is 1.92. The summed E-state index contributed by atoms with van der Waals surface area (Å²) in [6, 6.07) is 3.35. The summed E-state index contributed by atoms with van der Waals surface area (Å²) in [4.78, 5) is 0. The largest absolute Gasteiger partial charge is 1.00 e. The number of thioether (sulfide) groups is 1. The van der Waals surface area contributed by atoms with Gasteiger partial charge in [-0.15, -0.1) is 0 Å². The molecule has 12 heavy (non-hydrogen) atoms. The Morgan fingerprint density at radius 2 is 2.25 bits per heavy atom. The van der Waals surface area contributed by atoms with Crippen LogP contribution in [-0.4, -0.2) is 10.9 Å². The molecule has 1 N–H and O–H groups in total. The zero-order valence-electron chi connectivity index (χ0n) is 6.13. The van der Waals surface area contributed by atoms with Gasteiger partial charge in [0, 0.05) is 6.07 Å². The summed E-state index contributed by atoms with van der Waals surface area (Å²) in [5.74, 6) is 1.33. The van der Waals surface area contributed by atoms with Gasteiger partial charge in [-0.05, 0) is 29.4 Å². The van der Waals surface area contributed by atoms with Crippen LogP contribution in [-0.2, 0) is 6.54 Å². The smallest absolute Gasteiger partial charge is 0.283 e. The monoisotopic (exact) mass is 223 g/mol. The molecule has 1 aromatic rings. The van der Waals surface area contributed by atoms with Crippen molar-refractivity contribution in [3.05, 3.63) is 17.3 Å². The zero-order valence-corrected chi connectivity index (χ0v) is 8.46. The van der Waals surface area contributed by atoms with Crippen molar-refractivity contribution in [1.82, 2.24) is 0 Å². The molecule has 0 amide bonds. The third-order valence-electron chi connectivity index (χ3n) is 1.65. The third kappa shape index (κ3) is 1.49. The Labute approximate surface area is 86.0 Å². The highest BCUT2D eigenvalue weighted by molar-refractivity contribution is 7.99. The number of nitrogens with zero attached hydrogens (tertiary/aromatic N) is 1. The molecular weight excluding hydrogens is 217 g/mol. The van der Waals surface area contributed by atoms with E-state index in [2.05, 4.69) is 0 Å². The van der Waals surface area contributed by atoms with Crippen molar-refractivity contribution in [2.75, 3.05) is 5.75 Å². The van der Waals surface area contributed by atoms with Crippen LogP contribution in [0, 0.1) is 0 Å². The van der Waals surface area contributed by atoms with Crippen LogP contribution in [0.1, 0.15) is 0 Å². The fourth-order valence-corrected chi connectivity index (χ4v) is 2.45. The van der Waals surface area contributed by atoms with Crippen molar-refractivity contribution >= 4 is 23.4 Å². The quantitative estimate of drug-likeness (QED) is 0.426. The van der Waals surface area contributed by atoms with E-state index >= 15 is 0 Å². The molecule has 0 aliphatic carbocycles. The van der Waals surface area contributed by atoms with Gasteiger partial charge in [-0.1, -0.05) is 0 Å². The average molecular weight is 224 g/mol. The minimum absolute atomic E-state index is 0. The first-order valence-electron chi connectivity index (χ1n) is 3.33. The minimum atomic E-state index is 0. The van der Waals surface area contributed by atoms with Crippen molar-refractivity contribution < 1.29 is 22.1 Å². The van der Waals surface area contributed by atoms with Crippen LogP contribution in [0.5, 0.6) is 5.75 Å². The van der Waals surface area contributed by atoms with Gasteiger partial charge in [-0.25, -0.2) is 0 Å². The summed E-state index contributed by atoms with van der Waals surface area (Å²) in [5, 5.41) is 10.9. The minimum Gasteiger partial charge on any atom is -1.00 e. The second kappa shape index (κ2) is 3.73. The molecule has 2 nitrogen and oxygen atoms in total. The van der Waals surface area contributed by atoms with Gasteiger partial charge in [0.05, 0.1) is 5.75 Å². The molecule has 0 atom stereocenters. The first-order chi connectivity index (χ1) is 5.29. The zero-order chi connectivity index (χ0) is 7.84. The average Bonchev–Trinajstić information content (AvgIpc) is 2.45. The molecule has 0 fully saturated rings. The topological polar surface area (TPSA) is 24.1 Å².